The number of nitrogens with zero attached hydrogens (tertiary/aromatic N) is 2. The molecule has 5 rings (SSSR count). The number of aliphatic hydroxyl groups excluding tert-OH is 1. The molecule has 3 atom stereocenters. The lowest BCUT2D eigenvalue weighted by Gasteiger charge is -2.48. The third-order valence-electron chi connectivity index (χ3n) is 8.69. The molecule has 2 aliphatic rings. The van der Waals surface area contributed by atoms with Gasteiger partial charge in [-0.25, -0.2) is 4.39 Å². The van der Waals surface area contributed by atoms with Crippen LogP contribution in [0.2, 0.25) is 0 Å². The highest BCUT2D eigenvalue weighted by Crippen LogP contribution is 2.48. The minimum atomic E-state index is -0.513. The predicted molar refractivity (Wildman–Crippen MR) is 149 cm³/mol. The predicted octanol–water partition coefficient (Wildman–Crippen LogP) is 4.68. The van der Waals surface area contributed by atoms with E-state index in [-0.39, 0.29) is 47.6 Å². The first-order chi connectivity index (χ1) is 18.9. The first-order valence-corrected chi connectivity index (χ1v) is 13.8. The Balaban J connectivity index is 1.60. The lowest BCUT2D eigenvalue weighted by molar-refractivity contribution is 0.0423. The Bertz CT molecular complexity index is 1310. The zero-order valence-electron chi connectivity index (χ0n) is 22.3. The summed E-state index contributed by atoms with van der Waals surface area (Å²) in [7, 11) is 0. The Labute approximate surface area is 229 Å². The van der Waals surface area contributed by atoms with Gasteiger partial charge >= 0.3 is 0 Å². The van der Waals surface area contributed by atoms with Gasteiger partial charge in [-0.1, -0.05) is 42.5 Å². The standard InChI is InChI=1S/C32H37FN2O4/c1-21-25(9-5-10-29(21)33)31-27(26-8-2-3-11-30(26)38)19-35(23-12-14-34(15-13-23)16-17-36)20-28(31)32(39)22-6-4-7-24(37)18-22/h2-11,18,23,27-28,31,36-38H,12-17,19-20H2,1H3/t27-,28+,31-/m1/s1. The first-order valence-electron chi connectivity index (χ1n) is 13.8. The minimum absolute atomic E-state index is 0.0283. The molecule has 0 spiro atoms. The maximum atomic E-state index is 14.9. The Morgan fingerprint density at radius 3 is 2.38 bits per heavy atom. The molecule has 0 aliphatic carbocycles. The molecule has 3 aromatic carbocycles. The number of hydrogen-bond donors (Lipinski definition) is 3. The highest BCUT2D eigenvalue weighted by atomic mass is 19.1. The van der Waals surface area contributed by atoms with Gasteiger partial charge in [0.1, 0.15) is 17.3 Å². The van der Waals surface area contributed by atoms with Gasteiger partial charge in [0.15, 0.2) is 5.78 Å². The van der Waals surface area contributed by atoms with Crippen molar-refractivity contribution >= 4 is 5.78 Å². The summed E-state index contributed by atoms with van der Waals surface area (Å²) in [5.74, 6) is -1.34. The monoisotopic (exact) mass is 532 g/mol. The molecular formula is C32H37FN2O4. The van der Waals surface area contributed by atoms with Crippen LogP contribution in [-0.2, 0) is 0 Å². The summed E-state index contributed by atoms with van der Waals surface area (Å²) in [5, 5.41) is 30.5. The second-order valence-electron chi connectivity index (χ2n) is 10.9. The average Bonchev–Trinajstić information content (AvgIpc) is 2.94. The molecule has 0 bridgehead atoms. The van der Waals surface area contributed by atoms with E-state index in [4.69, 9.17) is 0 Å². The Morgan fingerprint density at radius 1 is 0.949 bits per heavy atom. The number of phenolic OH excluding ortho intramolecular Hbond substituents is 2. The van der Waals surface area contributed by atoms with Crippen LogP contribution in [0.5, 0.6) is 11.5 Å². The summed E-state index contributed by atoms with van der Waals surface area (Å²) >= 11 is 0. The summed E-state index contributed by atoms with van der Waals surface area (Å²) in [4.78, 5) is 18.9. The van der Waals surface area contributed by atoms with Gasteiger partial charge in [0, 0.05) is 49.0 Å². The van der Waals surface area contributed by atoms with E-state index in [9.17, 15) is 24.5 Å². The molecule has 0 radical (unpaired) electrons. The molecule has 6 nitrogen and oxygen atoms in total. The van der Waals surface area contributed by atoms with Crippen molar-refractivity contribution in [3.8, 4) is 11.5 Å². The number of halogens is 1. The summed E-state index contributed by atoms with van der Waals surface area (Å²) in [5.41, 5.74) is 2.47. The second-order valence-corrected chi connectivity index (χ2v) is 10.9. The van der Waals surface area contributed by atoms with Crippen molar-refractivity contribution in [2.24, 2.45) is 5.92 Å². The van der Waals surface area contributed by atoms with E-state index in [0.717, 1.165) is 37.1 Å². The molecule has 3 aromatic rings. The zero-order chi connectivity index (χ0) is 27.5. The van der Waals surface area contributed by atoms with Gasteiger partial charge in [-0.05, 0) is 73.8 Å². The Kier molecular flexibility index (Phi) is 8.31. The molecule has 0 unspecified atom stereocenters. The van der Waals surface area contributed by atoms with Crippen LogP contribution in [0.1, 0.15) is 51.7 Å². The third kappa shape index (κ3) is 5.71. The number of benzene rings is 3. The number of piperidine rings is 2. The van der Waals surface area contributed by atoms with Gasteiger partial charge in [0.25, 0.3) is 0 Å². The van der Waals surface area contributed by atoms with Crippen LogP contribution in [0.4, 0.5) is 4.39 Å². The van der Waals surface area contributed by atoms with Gasteiger partial charge in [-0.15, -0.1) is 0 Å². The van der Waals surface area contributed by atoms with Crippen LogP contribution in [0.25, 0.3) is 0 Å². The van der Waals surface area contributed by atoms with Gasteiger partial charge in [0.2, 0.25) is 0 Å². The van der Waals surface area contributed by atoms with Gasteiger partial charge < -0.3 is 20.2 Å². The van der Waals surface area contributed by atoms with Crippen LogP contribution >= 0.6 is 0 Å². The molecule has 2 saturated heterocycles. The Hall–Kier alpha value is -3.26. The van der Waals surface area contributed by atoms with Crippen molar-refractivity contribution in [2.75, 3.05) is 39.3 Å². The van der Waals surface area contributed by atoms with Crippen molar-refractivity contribution in [3.05, 3.63) is 94.8 Å². The second kappa shape index (κ2) is 11.9. The van der Waals surface area contributed by atoms with Crippen molar-refractivity contribution in [3.63, 3.8) is 0 Å². The summed E-state index contributed by atoms with van der Waals surface area (Å²) in [6.07, 6.45) is 1.84. The number of aromatic hydroxyl groups is 2. The fourth-order valence-corrected chi connectivity index (χ4v) is 6.67. The number of Topliss-reactive ketones (excluding diaryl/α,β-unsaturated/α-hetero) is 1. The van der Waals surface area contributed by atoms with Crippen LogP contribution < -0.4 is 0 Å². The van der Waals surface area contributed by atoms with E-state index < -0.39 is 5.92 Å². The van der Waals surface area contributed by atoms with E-state index in [1.54, 1.807) is 43.3 Å². The number of carbonyl (C=O) groups is 1. The Morgan fingerprint density at radius 2 is 1.67 bits per heavy atom. The molecule has 0 aromatic heterocycles. The summed E-state index contributed by atoms with van der Waals surface area (Å²) in [6, 6.07) is 19.0. The van der Waals surface area contributed by atoms with E-state index >= 15 is 0 Å². The number of likely N-dealkylation sites (tertiary alicyclic amines) is 2. The highest BCUT2D eigenvalue weighted by molar-refractivity contribution is 5.99. The van der Waals surface area contributed by atoms with Crippen molar-refractivity contribution in [1.29, 1.82) is 0 Å². The topological polar surface area (TPSA) is 84.2 Å². The molecule has 39 heavy (non-hydrogen) atoms. The number of β-amino-alcohol motifs (C(OH)–C–C–N with tert-alkyl or cyclic N) is 1. The van der Waals surface area contributed by atoms with E-state index in [1.165, 1.54) is 12.1 Å². The molecule has 0 saturated carbocycles. The number of ketones is 1. The zero-order valence-corrected chi connectivity index (χ0v) is 22.3. The lowest BCUT2D eigenvalue weighted by Crippen LogP contribution is -2.53. The van der Waals surface area contributed by atoms with E-state index in [2.05, 4.69) is 9.80 Å². The number of para-hydroxylation sites is 1. The van der Waals surface area contributed by atoms with Crippen LogP contribution in [0.3, 0.4) is 0 Å². The van der Waals surface area contributed by atoms with Gasteiger partial charge in [-0.3, -0.25) is 9.69 Å². The minimum Gasteiger partial charge on any atom is -0.508 e. The number of phenols is 2. The fourth-order valence-electron chi connectivity index (χ4n) is 6.67. The van der Waals surface area contributed by atoms with Gasteiger partial charge in [0.05, 0.1) is 6.61 Å². The van der Waals surface area contributed by atoms with Crippen LogP contribution in [0.15, 0.2) is 66.7 Å². The van der Waals surface area contributed by atoms with Crippen molar-refractivity contribution in [2.45, 2.75) is 37.6 Å². The maximum absolute atomic E-state index is 14.9. The molecule has 2 heterocycles. The molecule has 0 amide bonds. The molecule has 3 N–H and O–H groups in total. The normalized spacial score (nSPS) is 23.1. The summed E-state index contributed by atoms with van der Waals surface area (Å²) in [6.45, 7) is 5.44. The van der Waals surface area contributed by atoms with Crippen LogP contribution in [-0.4, -0.2) is 76.3 Å². The molecule has 206 valence electrons. The summed E-state index contributed by atoms with van der Waals surface area (Å²) < 4.78 is 14.9. The van der Waals surface area contributed by atoms with E-state index in [1.807, 2.05) is 18.2 Å². The fraction of sp³-hybridized carbons (Fsp3) is 0.406. The first kappa shape index (κ1) is 27.3. The van der Waals surface area contributed by atoms with Crippen LogP contribution in [0, 0.1) is 18.7 Å². The number of carbonyl (C=O) groups excluding carboxylic acids is 1. The van der Waals surface area contributed by atoms with Crippen molar-refractivity contribution < 1.29 is 24.5 Å². The van der Waals surface area contributed by atoms with Gasteiger partial charge in [-0.2, -0.15) is 0 Å². The highest BCUT2D eigenvalue weighted by Gasteiger charge is 2.45. The molecule has 2 fully saturated rings. The smallest absolute Gasteiger partial charge is 0.167 e. The average molecular weight is 533 g/mol. The third-order valence-corrected chi connectivity index (χ3v) is 8.69. The maximum Gasteiger partial charge on any atom is 0.167 e. The number of rotatable bonds is 7. The number of hydrogen-bond acceptors (Lipinski definition) is 6. The molecule has 7 heteroatoms. The van der Waals surface area contributed by atoms with E-state index in [0.29, 0.717) is 30.8 Å². The lowest BCUT2D eigenvalue weighted by atomic mass is 9.67. The van der Waals surface area contributed by atoms with Crippen molar-refractivity contribution in [1.82, 2.24) is 9.80 Å². The largest absolute Gasteiger partial charge is 0.508 e. The quantitative estimate of drug-likeness (QED) is 0.383. The number of aliphatic hydroxyl groups is 1. The molecular weight excluding hydrogens is 495 g/mol. The SMILES string of the molecule is Cc1c(F)cccc1[C@H]1[C@@H](C(=O)c2cccc(O)c2)CN(C2CCN(CCO)CC2)C[C@@H]1c1ccccc1O. The molecule has 2 aliphatic heterocycles.